The number of rotatable bonds is 8. The van der Waals surface area contributed by atoms with E-state index in [1.54, 1.807) is 24.3 Å². The Labute approximate surface area is 192 Å². The van der Waals surface area contributed by atoms with Crippen molar-refractivity contribution in [3.8, 4) is 5.75 Å². The van der Waals surface area contributed by atoms with Crippen LogP contribution >= 0.6 is 15.9 Å². The zero-order valence-corrected chi connectivity index (χ0v) is 18.6. The fourth-order valence-corrected chi connectivity index (χ4v) is 3.54. The minimum Gasteiger partial charge on any atom is -0.481 e. The summed E-state index contributed by atoms with van der Waals surface area (Å²) in [5.41, 5.74) is 2.16. The Kier molecular flexibility index (Phi) is 7.26. The molecule has 32 heavy (non-hydrogen) atoms. The third-order valence-corrected chi connectivity index (χ3v) is 5.17. The van der Waals surface area contributed by atoms with E-state index >= 15 is 0 Å². The number of amides is 4. The lowest BCUT2D eigenvalue weighted by Crippen LogP contribution is -2.38. The average Bonchev–Trinajstić information content (AvgIpc) is 3.00. The number of hydrogen-bond acceptors (Lipinski definition) is 5. The number of hydrogen-bond donors (Lipinski definition) is 3. The highest BCUT2D eigenvalue weighted by Gasteiger charge is 2.35. The van der Waals surface area contributed by atoms with Crippen molar-refractivity contribution in [2.24, 2.45) is 0 Å². The molecule has 0 spiro atoms. The van der Waals surface area contributed by atoms with E-state index in [0.717, 1.165) is 16.9 Å². The minimum absolute atomic E-state index is 0.0165. The smallest absolute Gasteiger partial charge is 0.341 e. The lowest BCUT2D eigenvalue weighted by atomic mass is 10.1. The zero-order valence-electron chi connectivity index (χ0n) is 17.1. The van der Waals surface area contributed by atoms with Gasteiger partial charge in [0.2, 0.25) is 5.91 Å². The molecule has 9 nitrogen and oxygen atoms in total. The lowest BCUT2D eigenvalue weighted by molar-refractivity contribution is -0.139. The molecule has 10 heteroatoms. The van der Waals surface area contributed by atoms with Crippen LogP contribution in [0.15, 0.2) is 52.6 Å². The van der Waals surface area contributed by atoms with Crippen LogP contribution in [-0.4, -0.2) is 47.0 Å². The van der Waals surface area contributed by atoms with Gasteiger partial charge < -0.3 is 20.5 Å². The van der Waals surface area contributed by atoms with Gasteiger partial charge in [0, 0.05) is 5.69 Å². The molecule has 1 fully saturated rings. The van der Waals surface area contributed by atoms with Crippen LogP contribution in [0.2, 0.25) is 0 Å². The molecule has 2 aromatic carbocycles. The second-order valence-corrected chi connectivity index (χ2v) is 7.66. The van der Waals surface area contributed by atoms with Crippen molar-refractivity contribution in [3.05, 3.63) is 63.8 Å². The number of halogens is 1. The molecule has 0 radical (unpaired) electrons. The van der Waals surface area contributed by atoms with E-state index in [1.807, 2.05) is 19.1 Å². The number of imide groups is 1. The monoisotopic (exact) mass is 501 g/mol. The average molecular weight is 502 g/mol. The first-order chi connectivity index (χ1) is 15.3. The molecule has 0 bridgehead atoms. The largest absolute Gasteiger partial charge is 0.481 e. The fraction of sp³-hybridized carbons (Fsp3) is 0.182. The number of carboxylic acids is 1. The molecule has 0 aromatic heterocycles. The SMILES string of the molecule is CCc1ccccc1NC(=O)CN1C(=O)N/C(=C/c2ccc(OCC(=O)O)c(Br)c2)C1=O. The Morgan fingerprint density at radius 2 is 1.97 bits per heavy atom. The van der Waals surface area contributed by atoms with Crippen molar-refractivity contribution in [1.82, 2.24) is 10.2 Å². The van der Waals surface area contributed by atoms with Crippen LogP contribution in [0, 0.1) is 0 Å². The molecule has 1 heterocycles. The van der Waals surface area contributed by atoms with Crippen LogP contribution in [-0.2, 0) is 20.8 Å². The van der Waals surface area contributed by atoms with Gasteiger partial charge in [-0.15, -0.1) is 0 Å². The fourth-order valence-electron chi connectivity index (χ4n) is 3.03. The minimum atomic E-state index is -1.11. The molecule has 4 amide bonds. The number of para-hydroxylation sites is 1. The second kappa shape index (κ2) is 10.1. The maximum Gasteiger partial charge on any atom is 0.341 e. The van der Waals surface area contributed by atoms with Gasteiger partial charge in [0.15, 0.2) is 6.61 Å². The molecule has 166 valence electrons. The summed E-state index contributed by atoms with van der Waals surface area (Å²) in [6.07, 6.45) is 2.18. The molecule has 3 rings (SSSR count). The number of carbonyl (C=O) groups is 4. The highest BCUT2D eigenvalue weighted by molar-refractivity contribution is 9.10. The summed E-state index contributed by atoms with van der Waals surface area (Å²) in [7, 11) is 0. The summed E-state index contributed by atoms with van der Waals surface area (Å²) in [4.78, 5) is 48.8. The van der Waals surface area contributed by atoms with Crippen molar-refractivity contribution in [2.75, 3.05) is 18.5 Å². The first kappa shape index (κ1) is 23.0. The highest BCUT2D eigenvalue weighted by Crippen LogP contribution is 2.27. The van der Waals surface area contributed by atoms with Crippen LogP contribution in [0.3, 0.4) is 0 Å². The number of nitrogens with zero attached hydrogens (tertiary/aromatic N) is 1. The van der Waals surface area contributed by atoms with Crippen molar-refractivity contribution in [3.63, 3.8) is 0 Å². The Balaban J connectivity index is 1.69. The highest BCUT2D eigenvalue weighted by atomic mass is 79.9. The van der Waals surface area contributed by atoms with Crippen molar-refractivity contribution >= 4 is 51.5 Å². The van der Waals surface area contributed by atoms with Crippen LogP contribution in [0.5, 0.6) is 5.75 Å². The number of aryl methyl sites for hydroxylation is 1. The van der Waals surface area contributed by atoms with E-state index in [9.17, 15) is 19.2 Å². The summed E-state index contributed by atoms with van der Waals surface area (Å²) in [6, 6.07) is 11.4. The van der Waals surface area contributed by atoms with Gasteiger partial charge in [0.05, 0.1) is 4.47 Å². The van der Waals surface area contributed by atoms with Crippen LogP contribution < -0.4 is 15.4 Å². The van der Waals surface area contributed by atoms with Gasteiger partial charge in [-0.05, 0) is 57.8 Å². The number of ether oxygens (including phenoxy) is 1. The van der Waals surface area contributed by atoms with Gasteiger partial charge in [-0.1, -0.05) is 31.2 Å². The predicted octanol–water partition coefficient (Wildman–Crippen LogP) is 3.01. The maximum atomic E-state index is 12.7. The Morgan fingerprint density at radius 3 is 2.66 bits per heavy atom. The van der Waals surface area contributed by atoms with Crippen molar-refractivity contribution in [1.29, 1.82) is 0 Å². The van der Waals surface area contributed by atoms with Gasteiger partial charge >= 0.3 is 12.0 Å². The first-order valence-corrected chi connectivity index (χ1v) is 10.4. The topological polar surface area (TPSA) is 125 Å². The number of nitrogens with one attached hydrogen (secondary N) is 2. The molecule has 1 aliphatic heterocycles. The third kappa shape index (κ3) is 5.52. The number of carboxylic acid groups (broad SMARTS) is 1. The molecule has 0 unspecified atom stereocenters. The van der Waals surface area contributed by atoms with Crippen molar-refractivity contribution in [2.45, 2.75) is 13.3 Å². The van der Waals surface area contributed by atoms with Crippen LogP contribution in [0.4, 0.5) is 10.5 Å². The quantitative estimate of drug-likeness (QED) is 0.377. The number of urea groups is 1. The predicted molar refractivity (Wildman–Crippen MR) is 120 cm³/mol. The number of aliphatic carboxylic acids is 1. The summed E-state index contributed by atoms with van der Waals surface area (Å²) < 4.78 is 5.61. The number of benzene rings is 2. The molecular formula is C22H20BrN3O6. The normalized spacial score (nSPS) is 14.4. The molecular weight excluding hydrogens is 482 g/mol. The Hall–Kier alpha value is -3.66. The van der Waals surface area contributed by atoms with E-state index in [-0.39, 0.29) is 5.70 Å². The van der Waals surface area contributed by atoms with Crippen molar-refractivity contribution < 1.29 is 29.0 Å². The summed E-state index contributed by atoms with van der Waals surface area (Å²) in [6.45, 7) is 1.04. The third-order valence-electron chi connectivity index (χ3n) is 4.55. The Morgan fingerprint density at radius 1 is 1.22 bits per heavy atom. The Bertz CT molecular complexity index is 1110. The number of anilines is 1. The molecule has 0 atom stereocenters. The first-order valence-electron chi connectivity index (χ1n) is 9.65. The summed E-state index contributed by atoms with van der Waals surface area (Å²) in [5, 5.41) is 13.9. The van der Waals surface area contributed by atoms with E-state index in [1.165, 1.54) is 12.1 Å². The van der Waals surface area contributed by atoms with Gasteiger partial charge in [0.1, 0.15) is 18.0 Å². The molecule has 1 aliphatic rings. The van der Waals surface area contributed by atoms with Gasteiger partial charge in [-0.2, -0.15) is 0 Å². The number of carbonyl (C=O) groups excluding carboxylic acids is 3. The standard InChI is InChI=1S/C22H20BrN3O6/c1-2-14-5-3-4-6-16(14)24-19(27)11-26-21(30)17(25-22(26)31)10-13-7-8-18(15(23)9-13)32-12-20(28)29/h3-10H,2,11-12H2,1H3,(H,24,27)(H,25,31)(H,28,29)/b17-10+. The lowest BCUT2D eigenvalue weighted by Gasteiger charge is -2.13. The van der Waals surface area contributed by atoms with Gasteiger partial charge in [-0.3, -0.25) is 9.59 Å². The zero-order chi connectivity index (χ0) is 23.3. The molecule has 1 saturated heterocycles. The van der Waals surface area contributed by atoms with E-state index in [4.69, 9.17) is 9.84 Å². The van der Waals surface area contributed by atoms with E-state index in [2.05, 4.69) is 26.6 Å². The second-order valence-electron chi connectivity index (χ2n) is 6.81. The van der Waals surface area contributed by atoms with Gasteiger partial charge in [-0.25, -0.2) is 14.5 Å². The summed E-state index contributed by atoms with van der Waals surface area (Å²) in [5.74, 6) is -1.90. The molecule has 0 saturated carbocycles. The molecule has 3 N–H and O–H groups in total. The summed E-state index contributed by atoms with van der Waals surface area (Å²) >= 11 is 3.28. The van der Waals surface area contributed by atoms with Gasteiger partial charge in [0.25, 0.3) is 5.91 Å². The van der Waals surface area contributed by atoms with E-state index < -0.39 is 37.0 Å². The maximum absolute atomic E-state index is 12.7. The van der Waals surface area contributed by atoms with Crippen LogP contribution in [0.25, 0.3) is 6.08 Å². The van der Waals surface area contributed by atoms with E-state index in [0.29, 0.717) is 21.5 Å². The van der Waals surface area contributed by atoms with Crippen LogP contribution in [0.1, 0.15) is 18.1 Å². The molecule has 2 aromatic rings. The molecule has 0 aliphatic carbocycles.